The van der Waals surface area contributed by atoms with Crippen molar-refractivity contribution < 1.29 is 28.6 Å². The molecule has 0 amide bonds. The summed E-state index contributed by atoms with van der Waals surface area (Å²) in [5, 5.41) is 0. The zero-order chi connectivity index (χ0) is 45.8. The van der Waals surface area contributed by atoms with Crippen LogP contribution in [0.1, 0.15) is 201 Å². The molecule has 1 atom stereocenters. The predicted octanol–water partition coefficient (Wildman–Crippen LogP) is 16.5. The van der Waals surface area contributed by atoms with Crippen LogP contribution >= 0.6 is 0 Å². The first-order valence-electron chi connectivity index (χ1n) is 25.0. The van der Waals surface area contributed by atoms with Gasteiger partial charge in [-0.15, -0.1) is 0 Å². The van der Waals surface area contributed by atoms with Crippen LogP contribution in [0, 0.1) is 0 Å². The summed E-state index contributed by atoms with van der Waals surface area (Å²) in [4.78, 5) is 37.9. The van der Waals surface area contributed by atoms with Gasteiger partial charge in [-0.1, -0.05) is 174 Å². The Morgan fingerprint density at radius 3 is 1.00 bits per heavy atom. The fourth-order valence-corrected chi connectivity index (χ4v) is 6.22. The topological polar surface area (TPSA) is 78.9 Å². The Labute approximate surface area is 386 Å². The summed E-state index contributed by atoms with van der Waals surface area (Å²) in [6, 6.07) is 0. The highest BCUT2D eigenvalue weighted by Gasteiger charge is 2.19. The molecule has 0 saturated heterocycles. The molecule has 63 heavy (non-hydrogen) atoms. The highest BCUT2D eigenvalue weighted by molar-refractivity contribution is 5.71. The standard InChI is InChI=1S/C57H90O6/c1-4-7-10-13-16-19-22-25-28-31-34-37-40-43-46-49-55(58)61-52-54(63-57(60)51-48-45-42-39-36-33-30-27-24-21-18-15-12-9-6-3)53-62-56(59)50-47-44-41-38-35-32-29-26-23-20-17-14-11-8-5-2/h7,9-10,12,16-21,25-30,34,36-37,39,54H,4-6,8,11,13-15,22-24,31-33,35,38,40-53H2,1-3H3/b10-7-,12-9-,19-16-,20-17-,21-18-,28-25-,29-26-,30-27-,37-34-,39-36-/t54-/m0/s1. The Hall–Kier alpha value is -4.19. The van der Waals surface area contributed by atoms with E-state index >= 15 is 0 Å². The molecule has 0 aromatic carbocycles. The van der Waals surface area contributed by atoms with Gasteiger partial charge in [0.15, 0.2) is 6.10 Å². The number of rotatable bonds is 43. The van der Waals surface area contributed by atoms with Crippen molar-refractivity contribution >= 4 is 17.9 Å². The molecule has 0 unspecified atom stereocenters. The van der Waals surface area contributed by atoms with E-state index in [2.05, 4.69) is 142 Å². The lowest BCUT2D eigenvalue weighted by atomic mass is 10.1. The predicted molar refractivity (Wildman–Crippen MR) is 269 cm³/mol. The van der Waals surface area contributed by atoms with Gasteiger partial charge in [0.25, 0.3) is 0 Å². The maximum Gasteiger partial charge on any atom is 0.306 e. The van der Waals surface area contributed by atoms with Crippen molar-refractivity contribution in [3.8, 4) is 0 Å². The minimum Gasteiger partial charge on any atom is -0.462 e. The van der Waals surface area contributed by atoms with E-state index in [0.717, 1.165) is 122 Å². The lowest BCUT2D eigenvalue weighted by Gasteiger charge is -2.18. The number of hydrogen-bond donors (Lipinski definition) is 0. The summed E-state index contributed by atoms with van der Waals surface area (Å²) < 4.78 is 16.7. The molecule has 0 rings (SSSR count). The molecule has 0 radical (unpaired) electrons. The molecule has 6 heteroatoms. The maximum atomic E-state index is 12.8. The van der Waals surface area contributed by atoms with Gasteiger partial charge in [-0.25, -0.2) is 0 Å². The van der Waals surface area contributed by atoms with Crippen LogP contribution in [0.3, 0.4) is 0 Å². The summed E-state index contributed by atoms with van der Waals surface area (Å²) in [5.74, 6) is -1.03. The second-order valence-corrected chi connectivity index (χ2v) is 16.0. The molecule has 0 N–H and O–H groups in total. The molecular weight excluding hydrogens is 781 g/mol. The molecule has 0 aromatic rings. The lowest BCUT2D eigenvalue weighted by Crippen LogP contribution is -2.30. The first-order chi connectivity index (χ1) is 31.0. The summed E-state index contributed by atoms with van der Waals surface area (Å²) >= 11 is 0. The van der Waals surface area contributed by atoms with Crippen LogP contribution in [-0.4, -0.2) is 37.2 Å². The fraction of sp³-hybridized carbons (Fsp3) is 0.596. The molecular formula is C57H90O6. The minimum atomic E-state index is -0.825. The summed E-state index contributed by atoms with van der Waals surface area (Å²) in [7, 11) is 0. The minimum absolute atomic E-state index is 0.119. The van der Waals surface area contributed by atoms with Gasteiger partial charge in [0.05, 0.1) is 0 Å². The number of ether oxygens (including phenoxy) is 3. The Morgan fingerprint density at radius 2 is 0.619 bits per heavy atom. The van der Waals surface area contributed by atoms with Gasteiger partial charge < -0.3 is 14.2 Å². The number of esters is 3. The third-order valence-electron chi connectivity index (χ3n) is 9.93. The molecule has 0 aliphatic rings. The molecule has 0 spiro atoms. The normalized spacial score (nSPS) is 13.1. The van der Waals surface area contributed by atoms with E-state index < -0.39 is 6.10 Å². The van der Waals surface area contributed by atoms with E-state index in [9.17, 15) is 14.4 Å². The Morgan fingerprint density at radius 1 is 0.333 bits per heavy atom. The van der Waals surface area contributed by atoms with Crippen LogP contribution in [0.5, 0.6) is 0 Å². The van der Waals surface area contributed by atoms with Gasteiger partial charge in [-0.2, -0.15) is 0 Å². The molecule has 0 aliphatic heterocycles. The first-order valence-corrected chi connectivity index (χ1v) is 25.0. The van der Waals surface area contributed by atoms with E-state index in [0.29, 0.717) is 19.3 Å². The van der Waals surface area contributed by atoms with E-state index in [1.807, 2.05) is 0 Å². The molecule has 0 aromatic heterocycles. The third kappa shape index (κ3) is 48.7. The monoisotopic (exact) mass is 871 g/mol. The van der Waals surface area contributed by atoms with E-state index in [4.69, 9.17) is 14.2 Å². The third-order valence-corrected chi connectivity index (χ3v) is 9.93. The SMILES string of the molecule is CC/C=C\C/C=C\C/C=C\C/C=C\CCCCC(=O)OC[C@@H](COC(=O)CCCCCCC/C=C\C/C=C\CCCCC)OC(=O)CCCC/C=C\C/C=C\C/C=C\C/C=C\CC. The zero-order valence-corrected chi connectivity index (χ0v) is 40.3. The van der Waals surface area contributed by atoms with E-state index in [1.54, 1.807) is 0 Å². The second-order valence-electron chi connectivity index (χ2n) is 16.0. The van der Waals surface area contributed by atoms with Crippen molar-refractivity contribution in [2.75, 3.05) is 13.2 Å². The highest BCUT2D eigenvalue weighted by atomic mass is 16.6. The van der Waals surface area contributed by atoms with Crippen molar-refractivity contribution in [3.05, 3.63) is 122 Å². The van der Waals surface area contributed by atoms with Gasteiger partial charge in [0.1, 0.15) is 13.2 Å². The van der Waals surface area contributed by atoms with Crippen molar-refractivity contribution in [3.63, 3.8) is 0 Å². The molecule has 0 aliphatic carbocycles. The number of hydrogen-bond acceptors (Lipinski definition) is 6. The van der Waals surface area contributed by atoms with Gasteiger partial charge in [0, 0.05) is 19.3 Å². The largest absolute Gasteiger partial charge is 0.462 e. The Balaban J connectivity index is 4.57. The summed E-state index contributed by atoms with van der Waals surface area (Å²) in [5.41, 5.74) is 0. The number of unbranched alkanes of at least 4 members (excludes halogenated alkanes) is 12. The second kappa shape index (κ2) is 50.5. The number of carbonyl (C=O) groups excluding carboxylic acids is 3. The van der Waals surface area contributed by atoms with Crippen molar-refractivity contribution in [1.82, 2.24) is 0 Å². The van der Waals surface area contributed by atoms with Crippen LogP contribution in [0.2, 0.25) is 0 Å². The maximum absolute atomic E-state index is 12.8. The number of allylic oxidation sites excluding steroid dienone is 20. The van der Waals surface area contributed by atoms with Gasteiger partial charge >= 0.3 is 17.9 Å². The number of carbonyl (C=O) groups is 3. The summed E-state index contributed by atoms with van der Waals surface area (Å²) in [6.45, 7) is 6.27. The van der Waals surface area contributed by atoms with Crippen molar-refractivity contribution in [2.45, 2.75) is 207 Å². The van der Waals surface area contributed by atoms with Crippen LogP contribution in [-0.2, 0) is 28.6 Å². The molecule has 0 saturated carbocycles. The van der Waals surface area contributed by atoms with Crippen LogP contribution in [0.25, 0.3) is 0 Å². The Bertz CT molecular complexity index is 1370. The van der Waals surface area contributed by atoms with E-state index in [-0.39, 0.29) is 44.0 Å². The average Bonchev–Trinajstić information content (AvgIpc) is 3.28. The fourth-order valence-electron chi connectivity index (χ4n) is 6.22. The smallest absolute Gasteiger partial charge is 0.306 e. The van der Waals surface area contributed by atoms with Gasteiger partial charge in [-0.05, 0) is 128 Å². The van der Waals surface area contributed by atoms with Gasteiger partial charge in [0.2, 0.25) is 0 Å². The van der Waals surface area contributed by atoms with Crippen molar-refractivity contribution in [2.24, 2.45) is 0 Å². The first kappa shape index (κ1) is 58.8. The molecule has 354 valence electrons. The quantitative estimate of drug-likeness (QED) is 0.0263. The zero-order valence-electron chi connectivity index (χ0n) is 40.3. The van der Waals surface area contributed by atoms with Crippen LogP contribution in [0.4, 0.5) is 0 Å². The van der Waals surface area contributed by atoms with Crippen LogP contribution < -0.4 is 0 Å². The van der Waals surface area contributed by atoms with E-state index in [1.165, 1.54) is 25.7 Å². The molecule has 0 bridgehead atoms. The Kier molecular flexibility index (Phi) is 47.1. The lowest BCUT2D eigenvalue weighted by molar-refractivity contribution is -0.167. The summed E-state index contributed by atoms with van der Waals surface area (Å²) in [6.07, 6.45) is 69.0. The van der Waals surface area contributed by atoms with Gasteiger partial charge in [-0.3, -0.25) is 14.4 Å². The molecule has 0 heterocycles. The average molecular weight is 871 g/mol. The van der Waals surface area contributed by atoms with Crippen LogP contribution in [0.15, 0.2) is 122 Å². The molecule has 6 nitrogen and oxygen atoms in total. The highest BCUT2D eigenvalue weighted by Crippen LogP contribution is 2.11. The van der Waals surface area contributed by atoms with Crippen molar-refractivity contribution in [1.29, 1.82) is 0 Å². The molecule has 0 fully saturated rings.